The third kappa shape index (κ3) is 2.70. The standard InChI is InChI=1S/C20H21N3O2/c1-14-12-21-10-11-22(14)19(24)13-23-17-8-4-2-6-15(17)20(25)16-7-3-5-9-18(16)23/h2-9,14,21H,10-13H2,1H3/t14-/m0/s1. The highest BCUT2D eigenvalue weighted by molar-refractivity contribution is 5.94. The first kappa shape index (κ1) is 15.8. The lowest BCUT2D eigenvalue weighted by Gasteiger charge is -2.34. The summed E-state index contributed by atoms with van der Waals surface area (Å²) in [4.78, 5) is 27.6. The number of carbonyl (C=O) groups is 1. The smallest absolute Gasteiger partial charge is 0.242 e. The fourth-order valence-corrected chi connectivity index (χ4v) is 3.68. The van der Waals surface area contributed by atoms with Crippen molar-refractivity contribution in [3.8, 4) is 0 Å². The zero-order valence-corrected chi connectivity index (χ0v) is 14.2. The number of piperazine rings is 1. The van der Waals surface area contributed by atoms with Gasteiger partial charge in [-0.1, -0.05) is 24.3 Å². The largest absolute Gasteiger partial charge is 0.336 e. The first-order valence-corrected chi connectivity index (χ1v) is 8.67. The van der Waals surface area contributed by atoms with Gasteiger partial charge in [-0.05, 0) is 31.2 Å². The predicted octanol–water partition coefficient (Wildman–Crippen LogP) is 1.97. The molecule has 0 unspecified atom stereocenters. The van der Waals surface area contributed by atoms with Crippen LogP contribution in [0.2, 0.25) is 0 Å². The van der Waals surface area contributed by atoms with Gasteiger partial charge in [-0.15, -0.1) is 0 Å². The van der Waals surface area contributed by atoms with Crippen LogP contribution in [0.15, 0.2) is 53.3 Å². The molecule has 0 radical (unpaired) electrons. The SMILES string of the molecule is C[C@H]1CNCCN1C(=O)Cn1c2ccccc2c(=O)c2ccccc21. The molecule has 1 atom stereocenters. The van der Waals surface area contributed by atoms with Crippen molar-refractivity contribution in [3.63, 3.8) is 0 Å². The highest BCUT2D eigenvalue weighted by Crippen LogP contribution is 2.19. The van der Waals surface area contributed by atoms with Gasteiger partial charge in [0.25, 0.3) is 0 Å². The number of nitrogens with one attached hydrogen (secondary N) is 1. The molecule has 1 aromatic heterocycles. The number of aromatic nitrogens is 1. The van der Waals surface area contributed by atoms with Gasteiger partial charge in [0, 0.05) is 36.4 Å². The number of nitrogens with zero attached hydrogens (tertiary/aromatic N) is 2. The highest BCUT2D eigenvalue weighted by atomic mass is 16.2. The number of para-hydroxylation sites is 2. The van der Waals surface area contributed by atoms with Crippen molar-refractivity contribution in [1.82, 2.24) is 14.8 Å². The van der Waals surface area contributed by atoms with Crippen LogP contribution in [0.1, 0.15) is 6.92 Å². The number of pyridine rings is 1. The average molecular weight is 335 g/mol. The Kier molecular flexibility index (Phi) is 4.01. The van der Waals surface area contributed by atoms with E-state index in [0.29, 0.717) is 10.8 Å². The molecule has 25 heavy (non-hydrogen) atoms. The Labute approximate surface area is 145 Å². The van der Waals surface area contributed by atoms with Gasteiger partial charge in [-0.3, -0.25) is 9.59 Å². The molecule has 128 valence electrons. The average Bonchev–Trinajstić information content (AvgIpc) is 2.65. The van der Waals surface area contributed by atoms with Gasteiger partial charge in [-0.25, -0.2) is 0 Å². The van der Waals surface area contributed by atoms with E-state index >= 15 is 0 Å². The van der Waals surface area contributed by atoms with E-state index in [9.17, 15) is 9.59 Å². The van der Waals surface area contributed by atoms with Crippen LogP contribution >= 0.6 is 0 Å². The molecule has 1 amide bonds. The minimum Gasteiger partial charge on any atom is -0.336 e. The van der Waals surface area contributed by atoms with E-state index in [2.05, 4.69) is 12.2 Å². The summed E-state index contributed by atoms with van der Waals surface area (Å²) in [5.74, 6) is 0.0907. The number of rotatable bonds is 2. The van der Waals surface area contributed by atoms with E-state index in [1.54, 1.807) is 0 Å². The molecule has 1 aliphatic rings. The molecule has 0 bridgehead atoms. The minimum atomic E-state index is 0.0189. The highest BCUT2D eigenvalue weighted by Gasteiger charge is 2.24. The Morgan fingerprint density at radius 1 is 1.08 bits per heavy atom. The molecule has 0 spiro atoms. The fraction of sp³-hybridized carbons (Fsp3) is 0.300. The summed E-state index contributed by atoms with van der Waals surface area (Å²) in [5.41, 5.74) is 1.63. The topological polar surface area (TPSA) is 54.3 Å². The second-order valence-electron chi connectivity index (χ2n) is 6.59. The molecule has 2 aromatic carbocycles. The molecule has 2 heterocycles. The molecule has 0 saturated carbocycles. The Balaban J connectivity index is 1.86. The van der Waals surface area contributed by atoms with Crippen molar-refractivity contribution < 1.29 is 4.79 Å². The maximum Gasteiger partial charge on any atom is 0.242 e. The second kappa shape index (κ2) is 6.33. The van der Waals surface area contributed by atoms with Crippen LogP contribution in [0, 0.1) is 0 Å². The van der Waals surface area contributed by atoms with Crippen LogP contribution in [-0.2, 0) is 11.3 Å². The Morgan fingerprint density at radius 2 is 1.68 bits per heavy atom. The molecule has 3 aromatic rings. The van der Waals surface area contributed by atoms with Crippen LogP contribution < -0.4 is 10.7 Å². The maximum atomic E-state index is 12.9. The first-order chi connectivity index (χ1) is 12.2. The predicted molar refractivity (Wildman–Crippen MR) is 99.8 cm³/mol. The van der Waals surface area contributed by atoms with Gasteiger partial charge in [-0.2, -0.15) is 0 Å². The van der Waals surface area contributed by atoms with Crippen molar-refractivity contribution in [2.75, 3.05) is 19.6 Å². The quantitative estimate of drug-likeness (QED) is 0.729. The zero-order chi connectivity index (χ0) is 17.4. The molecule has 1 saturated heterocycles. The van der Waals surface area contributed by atoms with Gasteiger partial charge in [0.2, 0.25) is 5.91 Å². The minimum absolute atomic E-state index is 0.0189. The van der Waals surface area contributed by atoms with Crippen LogP contribution in [0.3, 0.4) is 0 Å². The Hall–Kier alpha value is -2.66. The van der Waals surface area contributed by atoms with Crippen LogP contribution in [0.25, 0.3) is 21.8 Å². The molecular formula is C20H21N3O2. The van der Waals surface area contributed by atoms with Gasteiger partial charge in [0.1, 0.15) is 6.54 Å². The summed E-state index contributed by atoms with van der Waals surface area (Å²) in [5, 5.41) is 4.62. The summed E-state index contributed by atoms with van der Waals surface area (Å²) >= 11 is 0. The van der Waals surface area contributed by atoms with Crippen molar-refractivity contribution in [3.05, 3.63) is 58.8 Å². The third-order valence-corrected chi connectivity index (χ3v) is 4.99. The van der Waals surface area contributed by atoms with Crippen molar-refractivity contribution >= 4 is 27.7 Å². The lowest BCUT2D eigenvalue weighted by atomic mass is 10.1. The summed E-state index contributed by atoms with van der Waals surface area (Å²) in [7, 11) is 0. The molecule has 0 aliphatic carbocycles. The Morgan fingerprint density at radius 3 is 2.28 bits per heavy atom. The van der Waals surface area contributed by atoms with E-state index in [1.165, 1.54) is 0 Å². The lowest BCUT2D eigenvalue weighted by Crippen LogP contribution is -2.53. The van der Waals surface area contributed by atoms with Crippen molar-refractivity contribution in [2.45, 2.75) is 19.5 Å². The van der Waals surface area contributed by atoms with E-state index < -0.39 is 0 Å². The van der Waals surface area contributed by atoms with Crippen LogP contribution in [0.5, 0.6) is 0 Å². The van der Waals surface area contributed by atoms with Gasteiger partial charge < -0.3 is 14.8 Å². The summed E-state index contributed by atoms with van der Waals surface area (Å²) in [6.45, 7) is 4.66. The number of benzene rings is 2. The van der Waals surface area contributed by atoms with E-state index in [4.69, 9.17) is 0 Å². The van der Waals surface area contributed by atoms with E-state index in [0.717, 1.165) is 30.7 Å². The molecule has 4 rings (SSSR count). The maximum absolute atomic E-state index is 12.9. The monoisotopic (exact) mass is 335 g/mol. The lowest BCUT2D eigenvalue weighted by molar-refractivity contribution is -0.134. The third-order valence-electron chi connectivity index (χ3n) is 4.99. The number of hydrogen-bond donors (Lipinski definition) is 1. The summed E-state index contributed by atoms with van der Waals surface area (Å²) in [6.07, 6.45) is 0. The normalized spacial score (nSPS) is 18.0. The van der Waals surface area contributed by atoms with E-state index in [-0.39, 0.29) is 23.9 Å². The van der Waals surface area contributed by atoms with Gasteiger partial charge >= 0.3 is 0 Å². The summed E-state index contributed by atoms with van der Waals surface area (Å²) in [6, 6.07) is 15.2. The number of fused-ring (bicyclic) bond motifs is 2. The number of carbonyl (C=O) groups excluding carboxylic acids is 1. The summed E-state index contributed by atoms with van der Waals surface area (Å²) < 4.78 is 1.98. The van der Waals surface area contributed by atoms with Crippen molar-refractivity contribution in [2.24, 2.45) is 0 Å². The molecule has 5 nitrogen and oxygen atoms in total. The zero-order valence-electron chi connectivity index (χ0n) is 14.2. The fourth-order valence-electron chi connectivity index (χ4n) is 3.68. The van der Waals surface area contributed by atoms with E-state index in [1.807, 2.05) is 58.0 Å². The van der Waals surface area contributed by atoms with Gasteiger partial charge in [0.15, 0.2) is 5.43 Å². The molecule has 1 N–H and O–H groups in total. The van der Waals surface area contributed by atoms with Crippen LogP contribution in [0.4, 0.5) is 0 Å². The first-order valence-electron chi connectivity index (χ1n) is 8.67. The molecular weight excluding hydrogens is 314 g/mol. The van der Waals surface area contributed by atoms with Crippen LogP contribution in [-0.4, -0.2) is 41.1 Å². The number of amides is 1. The number of hydrogen-bond acceptors (Lipinski definition) is 3. The molecule has 1 fully saturated rings. The molecule has 1 aliphatic heterocycles. The second-order valence-corrected chi connectivity index (χ2v) is 6.59. The van der Waals surface area contributed by atoms with Crippen molar-refractivity contribution in [1.29, 1.82) is 0 Å². The van der Waals surface area contributed by atoms with Gasteiger partial charge in [0.05, 0.1) is 11.0 Å². The molecule has 5 heteroatoms. The Bertz CT molecular complexity index is 949.